The maximum Gasteiger partial charge on any atom is 0.416 e. The molecular formula is C9H13F3N2. The Bertz CT molecular complexity index is 300. The summed E-state index contributed by atoms with van der Waals surface area (Å²) in [4.78, 5) is 0. The Hall–Kier alpha value is -0.810. The molecule has 0 heterocycles. The Morgan fingerprint density at radius 1 is 1.43 bits per heavy atom. The smallest absolute Gasteiger partial charge is 0.322 e. The van der Waals surface area contributed by atoms with E-state index in [1.54, 1.807) is 6.92 Å². The lowest BCUT2D eigenvalue weighted by molar-refractivity contribution is -0.0896. The summed E-state index contributed by atoms with van der Waals surface area (Å²) in [7, 11) is 0. The summed E-state index contributed by atoms with van der Waals surface area (Å²) in [5.41, 5.74) is 9.81. The molecule has 2 atom stereocenters. The average Bonchev–Trinajstić information content (AvgIpc) is 1.97. The highest BCUT2D eigenvalue weighted by Gasteiger charge is 2.40. The fourth-order valence-electron chi connectivity index (χ4n) is 1.45. The fraction of sp³-hybridized carbons (Fsp3) is 0.556. The molecule has 0 aromatic heterocycles. The van der Waals surface area contributed by atoms with Gasteiger partial charge in [0.15, 0.2) is 0 Å². The molecule has 14 heavy (non-hydrogen) atoms. The molecule has 2 unspecified atom stereocenters. The van der Waals surface area contributed by atoms with Crippen LogP contribution in [0.5, 0.6) is 0 Å². The topological polar surface area (TPSA) is 52.0 Å². The van der Waals surface area contributed by atoms with Gasteiger partial charge in [0.25, 0.3) is 0 Å². The van der Waals surface area contributed by atoms with Crippen LogP contribution in [0, 0.1) is 0 Å². The third-order valence-electron chi connectivity index (χ3n) is 2.48. The first kappa shape index (κ1) is 11.3. The van der Waals surface area contributed by atoms with Gasteiger partial charge in [-0.05, 0) is 19.4 Å². The number of hydrogen-bond acceptors (Lipinski definition) is 2. The van der Waals surface area contributed by atoms with E-state index in [2.05, 4.69) is 0 Å². The lowest BCUT2D eigenvalue weighted by Crippen LogP contribution is -2.54. The minimum atomic E-state index is -4.35. The highest BCUT2D eigenvalue weighted by molar-refractivity contribution is 5.41. The highest BCUT2D eigenvalue weighted by atomic mass is 19.4. The maximum atomic E-state index is 12.4. The van der Waals surface area contributed by atoms with Gasteiger partial charge in [0.05, 0.1) is 11.1 Å². The van der Waals surface area contributed by atoms with E-state index in [-0.39, 0.29) is 5.57 Å². The van der Waals surface area contributed by atoms with E-state index in [0.29, 0.717) is 0 Å². The quantitative estimate of drug-likeness (QED) is 0.630. The van der Waals surface area contributed by atoms with Gasteiger partial charge in [-0.2, -0.15) is 13.2 Å². The molecule has 1 aliphatic carbocycles. The Kier molecular flexibility index (Phi) is 2.49. The lowest BCUT2D eigenvalue weighted by atomic mass is 9.81. The van der Waals surface area contributed by atoms with Gasteiger partial charge in [0.1, 0.15) is 0 Å². The molecule has 80 valence electrons. The number of rotatable bonds is 0. The molecule has 0 amide bonds. The van der Waals surface area contributed by atoms with Crippen molar-refractivity contribution in [1.82, 2.24) is 0 Å². The molecule has 0 saturated carbocycles. The van der Waals surface area contributed by atoms with E-state index in [1.807, 2.05) is 0 Å². The molecule has 1 aliphatic rings. The van der Waals surface area contributed by atoms with Crippen molar-refractivity contribution in [3.8, 4) is 0 Å². The highest BCUT2D eigenvalue weighted by Crippen LogP contribution is 2.34. The summed E-state index contributed by atoms with van der Waals surface area (Å²) in [5.74, 6) is 0. The van der Waals surface area contributed by atoms with Gasteiger partial charge in [-0.3, -0.25) is 0 Å². The molecular weight excluding hydrogens is 193 g/mol. The second-order valence-corrected chi connectivity index (χ2v) is 3.77. The van der Waals surface area contributed by atoms with Crippen molar-refractivity contribution < 1.29 is 13.2 Å². The minimum Gasteiger partial charge on any atom is -0.322 e. The minimum absolute atomic E-state index is 0.0880. The van der Waals surface area contributed by atoms with Crippen molar-refractivity contribution in [2.24, 2.45) is 11.5 Å². The lowest BCUT2D eigenvalue weighted by Gasteiger charge is -2.34. The van der Waals surface area contributed by atoms with Gasteiger partial charge in [-0.15, -0.1) is 0 Å². The number of nitrogens with two attached hydrogens (primary N) is 2. The summed E-state index contributed by atoms with van der Waals surface area (Å²) < 4.78 is 37.2. The van der Waals surface area contributed by atoms with Crippen LogP contribution >= 0.6 is 0 Å². The Morgan fingerprint density at radius 2 is 1.93 bits per heavy atom. The van der Waals surface area contributed by atoms with Crippen LogP contribution < -0.4 is 11.5 Å². The second-order valence-electron chi connectivity index (χ2n) is 3.77. The normalized spacial score (nSPS) is 33.8. The number of halogens is 3. The summed E-state index contributed by atoms with van der Waals surface area (Å²) in [6, 6.07) is -0.788. The molecule has 0 aromatic rings. The number of alkyl halides is 3. The zero-order chi connectivity index (χ0) is 11.1. The Morgan fingerprint density at radius 3 is 2.36 bits per heavy atom. The molecule has 0 bridgehead atoms. The predicted octanol–water partition coefficient (Wildman–Crippen LogP) is 1.48. The van der Waals surface area contributed by atoms with Gasteiger partial charge in [0, 0.05) is 6.04 Å². The summed E-state index contributed by atoms with van der Waals surface area (Å²) in [5, 5.41) is 0. The van der Waals surface area contributed by atoms with Crippen molar-refractivity contribution in [1.29, 1.82) is 0 Å². The van der Waals surface area contributed by atoms with Gasteiger partial charge in [0.2, 0.25) is 0 Å². The average molecular weight is 206 g/mol. The van der Waals surface area contributed by atoms with Crippen molar-refractivity contribution in [2.45, 2.75) is 31.6 Å². The zero-order valence-corrected chi connectivity index (χ0v) is 8.02. The molecule has 0 aromatic carbocycles. The van der Waals surface area contributed by atoms with Crippen LogP contribution in [-0.4, -0.2) is 17.8 Å². The van der Waals surface area contributed by atoms with Crippen LogP contribution in [0.2, 0.25) is 0 Å². The monoisotopic (exact) mass is 206 g/mol. The first-order valence-corrected chi connectivity index (χ1v) is 4.18. The van der Waals surface area contributed by atoms with Gasteiger partial charge in [-0.25, -0.2) is 0 Å². The molecule has 2 nitrogen and oxygen atoms in total. The van der Waals surface area contributed by atoms with Gasteiger partial charge >= 0.3 is 6.18 Å². The molecule has 0 fully saturated rings. The molecule has 0 saturated heterocycles. The van der Waals surface area contributed by atoms with Crippen LogP contribution in [0.4, 0.5) is 13.2 Å². The Labute approximate surface area is 80.5 Å². The molecule has 0 radical (unpaired) electrons. The van der Waals surface area contributed by atoms with Crippen molar-refractivity contribution >= 4 is 0 Å². The standard InChI is InChI=1S/C9H13F3N2/c1-5-6(9(10,11)12)3-4-8(2,14)7(5)13/h3-4,7H,13-14H2,1-2H3. The van der Waals surface area contributed by atoms with Crippen molar-refractivity contribution in [3.63, 3.8) is 0 Å². The van der Waals surface area contributed by atoms with E-state index in [0.717, 1.165) is 6.08 Å². The SMILES string of the molecule is CC1=C(C(F)(F)F)C=CC(C)(N)C1N. The van der Waals surface area contributed by atoms with E-state index in [9.17, 15) is 13.2 Å². The van der Waals surface area contributed by atoms with Gasteiger partial charge < -0.3 is 11.5 Å². The van der Waals surface area contributed by atoms with Crippen LogP contribution in [0.25, 0.3) is 0 Å². The van der Waals surface area contributed by atoms with E-state index in [4.69, 9.17) is 11.5 Å². The molecule has 0 spiro atoms. The van der Waals surface area contributed by atoms with E-state index < -0.39 is 23.3 Å². The van der Waals surface area contributed by atoms with E-state index >= 15 is 0 Å². The second kappa shape index (κ2) is 3.10. The summed E-state index contributed by atoms with van der Waals surface area (Å²) >= 11 is 0. The predicted molar refractivity (Wildman–Crippen MR) is 48.5 cm³/mol. The first-order valence-electron chi connectivity index (χ1n) is 4.18. The maximum absolute atomic E-state index is 12.4. The number of hydrogen-bond donors (Lipinski definition) is 2. The third-order valence-corrected chi connectivity index (χ3v) is 2.48. The molecule has 1 rings (SSSR count). The third kappa shape index (κ3) is 1.83. The van der Waals surface area contributed by atoms with Crippen LogP contribution in [-0.2, 0) is 0 Å². The molecule has 0 aliphatic heterocycles. The molecule has 4 N–H and O–H groups in total. The Balaban J connectivity index is 3.14. The largest absolute Gasteiger partial charge is 0.416 e. The van der Waals surface area contributed by atoms with Crippen molar-refractivity contribution in [3.05, 3.63) is 23.3 Å². The first-order chi connectivity index (χ1) is 6.16. The summed E-state index contributed by atoms with van der Waals surface area (Å²) in [6.07, 6.45) is -2.05. The zero-order valence-electron chi connectivity index (χ0n) is 8.02. The van der Waals surface area contributed by atoms with Crippen LogP contribution in [0.15, 0.2) is 23.3 Å². The van der Waals surface area contributed by atoms with Crippen LogP contribution in [0.3, 0.4) is 0 Å². The van der Waals surface area contributed by atoms with Crippen molar-refractivity contribution in [2.75, 3.05) is 0 Å². The summed E-state index contributed by atoms with van der Waals surface area (Å²) in [6.45, 7) is 2.97. The van der Waals surface area contributed by atoms with E-state index in [1.165, 1.54) is 13.0 Å². The molecule has 5 heteroatoms. The fourth-order valence-corrected chi connectivity index (χ4v) is 1.45. The number of allylic oxidation sites excluding steroid dienone is 2. The van der Waals surface area contributed by atoms with Crippen LogP contribution in [0.1, 0.15) is 13.8 Å². The van der Waals surface area contributed by atoms with Gasteiger partial charge in [-0.1, -0.05) is 12.2 Å².